The Balaban J connectivity index is 2.00. The number of aromatic hydroxyl groups is 2. The zero-order valence-corrected chi connectivity index (χ0v) is 13.5. The van der Waals surface area contributed by atoms with Crippen LogP contribution in [0.2, 0.25) is 0 Å². The summed E-state index contributed by atoms with van der Waals surface area (Å²) in [5, 5.41) is 46.7. The molecule has 3 atom stereocenters. The maximum absolute atomic E-state index is 11.8. The molecule has 1 aliphatic carbocycles. The zero-order valence-electron chi connectivity index (χ0n) is 13.5. The Kier molecular flexibility index (Phi) is 6.16. The molecule has 3 unspecified atom stereocenters. The molecule has 0 amide bonds. The first kappa shape index (κ1) is 19.2. The minimum absolute atomic E-state index is 0.171. The number of hydrogen-bond acceptors (Lipinski definition) is 7. The number of carboxylic acid groups (broad SMARTS) is 1. The van der Waals surface area contributed by atoms with Crippen molar-refractivity contribution in [3.63, 3.8) is 0 Å². The van der Waals surface area contributed by atoms with Crippen molar-refractivity contribution in [1.82, 2.24) is 0 Å². The monoisotopic (exact) mass is 362 g/mol. The number of rotatable bonds is 6. The van der Waals surface area contributed by atoms with Crippen LogP contribution in [-0.2, 0) is 14.3 Å². The largest absolute Gasteiger partial charge is 0.504 e. The first-order valence-electron chi connectivity index (χ1n) is 7.65. The van der Waals surface area contributed by atoms with Gasteiger partial charge in [-0.3, -0.25) is 0 Å². The molecule has 26 heavy (non-hydrogen) atoms. The molecule has 138 valence electrons. The van der Waals surface area contributed by atoms with Gasteiger partial charge in [0.1, 0.15) is 12.2 Å². The Morgan fingerprint density at radius 1 is 1.15 bits per heavy atom. The molecule has 8 nitrogen and oxygen atoms in total. The van der Waals surface area contributed by atoms with E-state index in [0.29, 0.717) is 11.1 Å². The third kappa shape index (κ3) is 5.20. The Hall–Kier alpha value is -3.10. The van der Waals surface area contributed by atoms with Gasteiger partial charge in [-0.15, -0.1) is 0 Å². The summed E-state index contributed by atoms with van der Waals surface area (Å²) in [7, 11) is 0. The van der Waals surface area contributed by atoms with Crippen LogP contribution in [0, 0.1) is 0 Å². The quantitative estimate of drug-likeness (QED) is 0.283. The van der Waals surface area contributed by atoms with E-state index in [0.717, 1.165) is 6.08 Å². The second-order valence-corrected chi connectivity index (χ2v) is 5.63. The molecular formula is C18H18O8. The molecule has 0 aliphatic heterocycles. The van der Waals surface area contributed by atoms with Crippen molar-refractivity contribution >= 4 is 18.0 Å². The van der Waals surface area contributed by atoms with Crippen molar-refractivity contribution in [3.8, 4) is 11.5 Å². The van der Waals surface area contributed by atoms with Crippen molar-refractivity contribution < 1.29 is 39.9 Å². The van der Waals surface area contributed by atoms with Gasteiger partial charge in [0.2, 0.25) is 6.10 Å². The minimum Gasteiger partial charge on any atom is -0.504 e. The molecule has 0 aromatic heterocycles. The molecule has 1 aromatic carbocycles. The summed E-state index contributed by atoms with van der Waals surface area (Å²) in [6.45, 7) is 0. The topological polar surface area (TPSA) is 145 Å². The first-order chi connectivity index (χ1) is 12.3. The molecular weight excluding hydrogens is 344 g/mol. The fourth-order valence-corrected chi connectivity index (χ4v) is 2.23. The Morgan fingerprint density at radius 2 is 1.88 bits per heavy atom. The van der Waals surface area contributed by atoms with Crippen LogP contribution in [0.15, 0.2) is 48.1 Å². The fraction of sp³-hybridized carbons (Fsp3) is 0.222. The number of aliphatic hydroxyl groups is 2. The second kappa shape index (κ2) is 8.32. The summed E-state index contributed by atoms with van der Waals surface area (Å²) < 4.78 is 4.90. The SMILES string of the molecule is O=C(C=Cc1ccc(O)c(O)c1)OC(CC1=CC(O)C(O)C=C1)C(=O)O. The number of carboxylic acids is 1. The summed E-state index contributed by atoms with van der Waals surface area (Å²) in [5.41, 5.74) is 0.814. The maximum Gasteiger partial charge on any atom is 0.345 e. The van der Waals surface area contributed by atoms with Gasteiger partial charge < -0.3 is 30.3 Å². The van der Waals surface area contributed by atoms with Crippen LogP contribution in [0.25, 0.3) is 6.08 Å². The van der Waals surface area contributed by atoms with Crippen LogP contribution < -0.4 is 0 Å². The highest BCUT2D eigenvalue weighted by Gasteiger charge is 2.24. The smallest absolute Gasteiger partial charge is 0.345 e. The number of aliphatic hydroxyl groups excluding tert-OH is 2. The summed E-state index contributed by atoms with van der Waals surface area (Å²) in [5.74, 6) is -2.94. The molecule has 0 fully saturated rings. The predicted molar refractivity (Wildman–Crippen MR) is 90.2 cm³/mol. The first-order valence-corrected chi connectivity index (χ1v) is 7.65. The van der Waals surface area contributed by atoms with Crippen LogP contribution in [-0.4, -0.2) is 55.8 Å². The highest BCUT2D eigenvalue weighted by molar-refractivity contribution is 5.89. The number of phenols is 2. The van der Waals surface area contributed by atoms with E-state index in [4.69, 9.17) is 4.74 Å². The molecule has 5 N–H and O–H groups in total. The summed E-state index contributed by atoms with van der Waals surface area (Å²) in [4.78, 5) is 23.1. The van der Waals surface area contributed by atoms with Crippen LogP contribution in [0.1, 0.15) is 12.0 Å². The van der Waals surface area contributed by atoms with Crippen LogP contribution in [0.5, 0.6) is 11.5 Å². The Morgan fingerprint density at radius 3 is 2.50 bits per heavy atom. The van der Waals surface area contributed by atoms with Gasteiger partial charge in [-0.2, -0.15) is 0 Å². The molecule has 0 saturated heterocycles. The number of carbonyl (C=O) groups is 2. The van der Waals surface area contributed by atoms with E-state index < -0.39 is 30.3 Å². The van der Waals surface area contributed by atoms with Crippen LogP contribution in [0.4, 0.5) is 0 Å². The third-order valence-corrected chi connectivity index (χ3v) is 3.61. The number of carbonyl (C=O) groups excluding carboxylic acids is 1. The van der Waals surface area contributed by atoms with Crippen molar-refractivity contribution in [3.05, 3.63) is 53.6 Å². The summed E-state index contributed by atoms with van der Waals surface area (Å²) >= 11 is 0. The standard InChI is InChI=1S/C18H18O8/c19-12-4-1-10(7-14(12)21)3-6-17(23)26-16(18(24)25)9-11-2-5-13(20)15(22)8-11/h1-8,13,15-16,19-22H,9H2,(H,24,25). The molecule has 0 spiro atoms. The number of hydrogen-bond donors (Lipinski definition) is 5. The van der Waals surface area contributed by atoms with Crippen molar-refractivity contribution in [1.29, 1.82) is 0 Å². The average molecular weight is 362 g/mol. The maximum atomic E-state index is 11.8. The van der Waals surface area contributed by atoms with E-state index >= 15 is 0 Å². The number of phenolic OH excluding ortho intramolecular Hbond substituents is 2. The van der Waals surface area contributed by atoms with E-state index in [1.165, 1.54) is 42.5 Å². The van der Waals surface area contributed by atoms with Gasteiger partial charge in [-0.1, -0.05) is 18.2 Å². The van der Waals surface area contributed by atoms with Gasteiger partial charge in [0.15, 0.2) is 11.5 Å². The zero-order chi connectivity index (χ0) is 19.3. The molecule has 0 heterocycles. The van der Waals surface area contributed by atoms with Crippen molar-refractivity contribution in [2.24, 2.45) is 0 Å². The van der Waals surface area contributed by atoms with Crippen molar-refractivity contribution in [2.45, 2.75) is 24.7 Å². The molecule has 8 heteroatoms. The highest BCUT2D eigenvalue weighted by Crippen LogP contribution is 2.25. The Bertz CT molecular complexity index is 777. The molecule has 0 saturated carbocycles. The number of allylic oxidation sites excluding steroid dienone is 1. The number of ether oxygens (including phenoxy) is 1. The van der Waals surface area contributed by atoms with Crippen molar-refractivity contribution in [2.75, 3.05) is 0 Å². The fourth-order valence-electron chi connectivity index (χ4n) is 2.23. The second-order valence-electron chi connectivity index (χ2n) is 5.63. The molecule has 1 aromatic rings. The lowest BCUT2D eigenvalue weighted by Gasteiger charge is -2.19. The summed E-state index contributed by atoms with van der Waals surface area (Å²) in [6, 6.07) is 3.90. The minimum atomic E-state index is -1.47. The van der Waals surface area contributed by atoms with E-state index in [1.807, 2.05) is 0 Å². The van der Waals surface area contributed by atoms with Gasteiger partial charge >= 0.3 is 11.9 Å². The Labute approximate surface area is 148 Å². The summed E-state index contributed by atoms with van der Waals surface area (Å²) in [6.07, 6.45) is 2.49. The molecule has 2 rings (SSSR count). The van der Waals surface area contributed by atoms with Crippen LogP contribution >= 0.6 is 0 Å². The number of esters is 1. The van der Waals surface area contributed by atoms with Gasteiger partial charge in [0.25, 0.3) is 0 Å². The van der Waals surface area contributed by atoms with Crippen LogP contribution in [0.3, 0.4) is 0 Å². The number of aliphatic carboxylic acids is 1. The van der Waals surface area contributed by atoms with Gasteiger partial charge in [0, 0.05) is 12.5 Å². The lowest BCUT2D eigenvalue weighted by Crippen LogP contribution is -2.29. The van der Waals surface area contributed by atoms with Gasteiger partial charge in [-0.25, -0.2) is 9.59 Å². The van der Waals surface area contributed by atoms with E-state index in [2.05, 4.69) is 0 Å². The molecule has 0 radical (unpaired) electrons. The van der Waals surface area contributed by atoms with E-state index in [9.17, 15) is 35.1 Å². The van der Waals surface area contributed by atoms with Gasteiger partial charge in [-0.05, 0) is 35.4 Å². The third-order valence-electron chi connectivity index (χ3n) is 3.61. The number of benzene rings is 1. The lowest BCUT2D eigenvalue weighted by atomic mass is 9.98. The normalized spacial score (nSPS) is 20.6. The highest BCUT2D eigenvalue weighted by atomic mass is 16.6. The van der Waals surface area contributed by atoms with E-state index in [-0.39, 0.29) is 17.9 Å². The van der Waals surface area contributed by atoms with E-state index in [1.54, 1.807) is 0 Å². The lowest BCUT2D eigenvalue weighted by molar-refractivity contribution is -0.160. The van der Waals surface area contributed by atoms with Gasteiger partial charge in [0.05, 0.1) is 0 Å². The molecule has 1 aliphatic rings. The molecule has 0 bridgehead atoms. The predicted octanol–water partition coefficient (Wildman–Crippen LogP) is 0.715. The average Bonchev–Trinajstić information content (AvgIpc) is 2.58.